The van der Waals surface area contributed by atoms with Gasteiger partial charge in [-0.05, 0) is 43.4 Å². The van der Waals surface area contributed by atoms with Crippen molar-refractivity contribution in [1.29, 1.82) is 0 Å². The van der Waals surface area contributed by atoms with E-state index in [2.05, 4.69) is 6.58 Å². The first-order valence-electron chi connectivity index (χ1n) is 5.50. The predicted octanol–water partition coefficient (Wildman–Crippen LogP) is 3.09. The van der Waals surface area contributed by atoms with Crippen LogP contribution in [-0.4, -0.2) is 15.3 Å². The van der Waals surface area contributed by atoms with Gasteiger partial charge in [0.25, 0.3) is 0 Å². The molecule has 0 unspecified atom stereocenters. The minimum Gasteiger partial charge on any atom is -0.504 e. The van der Waals surface area contributed by atoms with Gasteiger partial charge in [-0.2, -0.15) is 0 Å². The van der Waals surface area contributed by atoms with E-state index in [-0.39, 0.29) is 11.5 Å². The summed E-state index contributed by atoms with van der Waals surface area (Å²) >= 11 is 0. The third kappa shape index (κ3) is 3.50. The zero-order chi connectivity index (χ0) is 12.0. The van der Waals surface area contributed by atoms with Gasteiger partial charge in [-0.25, -0.2) is 0 Å². The number of rotatable bonds is 6. The molecule has 3 heteroatoms. The van der Waals surface area contributed by atoms with Crippen molar-refractivity contribution in [3.05, 3.63) is 30.4 Å². The van der Waals surface area contributed by atoms with Crippen molar-refractivity contribution in [1.82, 2.24) is 0 Å². The summed E-state index contributed by atoms with van der Waals surface area (Å²) in [5.74, 6) is -0.974. The quantitative estimate of drug-likeness (QED) is 0.394. The van der Waals surface area contributed by atoms with Crippen molar-refractivity contribution in [2.45, 2.75) is 32.1 Å². The van der Waals surface area contributed by atoms with Crippen molar-refractivity contribution >= 4 is 0 Å². The monoisotopic (exact) mass is 222 g/mol. The maximum absolute atomic E-state index is 9.30. The van der Waals surface area contributed by atoms with Crippen molar-refractivity contribution < 1.29 is 15.3 Å². The number of hydrogen-bond acceptors (Lipinski definition) is 3. The molecule has 88 valence electrons. The molecule has 0 amide bonds. The largest absolute Gasteiger partial charge is 0.504 e. The first-order valence-corrected chi connectivity index (χ1v) is 5.50. The van der Waals surface area contributed by atoms with E-state index >= 15 is 0 Å². The molecule has 0 aliphatic rings. The number of phenols is 3. The number of aromatic hydroxyl groups is 3. The van der Waals surface area contributed by atoms with Gasteiger partial charge in [0.15, 0.2) is 17.2 Å². The van der Waals surface area contributed by atoms with E-state index < -0.39 is 5.75 Å². The van der Waals surface area contributed by atoms with Gasteiger partial charge in [0.2, 0.25) is 0 Å². The number of hydrogen-bond donors (Lipinski definition) is 3. The molecule has 16 heavy (non-hydrogen) atoms. The van der Waals surface area contributed by atoms with E-state index in [1.54, 1.807) is 0 Å². The molecular weight excluding hydrogens is 204 g/mol. The minimum atomic E-state index is -0.449. The lowest BCUT2D eigenvalue weighted by atomic mass is 10.1. The minimum absolute atomic E-state index is 0.263. The van der Waals surface area contributed by atoms with E-state index in [9.17, 15) is 10.2 Å². The fraction of sp³-hybridized carbons (Fsp3) is 0.385. The standard InChI is InChI=1S/C13H18O3/c1-2-3-4-5-6-7-10-8-11(14)13(16)12(15)9-10/h2,8-9,14-16H,1,3-7H2. The molecule has 1 aromatic rings. The number of benzene rings is 1. The first-order chi connectivity index (χ1) is 7.65. The number of aryl methyl sites for hydroxylation is 1. The van der Waals surface area contributed by atoms with Gasteiger partial charge in [0.1, 0.15) is 0 Å². The maximum atomic E-state index is 9.30. The average Bonchev–Trinajstić information content (AvgIpc) is 2.25. The van der Waals surface area contributed by atoms with Crippen LogP contribution in [0.15, 0.2) is 24.8 Å². The second kappa shape index (κ2) is 6.05. The molecule has 3 N–H and O–H groups in total. The van der Waals surface area contributed by atoms with Crippen LogP contribution < -0.4 is 0 Å². The highest BCUT2D eigenvalue weighted by atomic mass is 16.3. The Morgan fingerprint density at radius 3 is 2.19 bits per heavy atom. The lowest BCUT2D eigenvalue weighted by Gasteiger charge is -2.05. The highest BCUT2D eigenvalue weighted by molar-refractivity contribution is 5.51. The molecule has 0 aromatic heterocycles. The summed E-state index contributed by atoms with van der Waals surface area (Å²) in [6, 6.07) is 2.98. The molecule has 3 nitrogen and oxygen atoms in total. The van der Waals surface area contributed by atoms with Crippen molar-refractivity contribution in [3.8, 4) is 17.2 Å². The molecule has 1 rings (SSSR count). The molecular formula is C13H18O3. The number of unbranched alkanes of at least 4 members (excludes halogenated alkanes) is 3. The highest BCUT2D eigenvalue weighted by Gasteiger charge is 2.07. The van der Waals surface area contributed by atoms with E-state index in [0.717, 1.165) is 37.7 Å². The van der Waals surface area contributed by atoms with E-state index in [1.807, 2.05) is 6.08 Å². The van der Waals surface area contributed by atoms with Gasteiger partial charge in [0.05, 0.1) is 0 Å². The summed E-state index contributed by atoms with van der Waals surface area (Å²) in [5.41, 5.74) is 0.839. The number of allylic oxidation sites excluding steroid dienone is 1. The Hall–Kier alpha value is -1.64. The van der Waals surface area contributed by atoms with Crippen LogP contribution in [0.25, 0.3) is 0 Å². The van der Waals surface area contributed by atoms with Crippen LogP contribution >= 0.6 is 0 Å². The Morgan fingerprint density at radius 1 is 1.00 bits per heavy atom. The summed E-state index contributed by atoms with van der Waals surface area (Å²) in [6.07, 6.45) is 6.91. The zero-order valence-electron chi connectivity index (χ0n) is 9.32. The van der Waals surface area contributed by atoms with E-state index in [4.69, 9.17) is 5.11 Å². The molecule has 0 saturated heterocycles. The Kier molecular flexibility index (Phi) is 4.70. The second-order valence-electron chi connectivity index (χ2n) is 3.87. The molecule has 0 atom stereocenters. The lowest BCUT2D eigenvalue weighted by molar-refractivity contribution is 0.367. The molecule has 0 fully saturated rings. The van der Waals surface area contributed by atoms with Gasteiger partial charge < -0.3 is 15.3 Å². The molecule has 0 radical (unpaired) electrons. The summed E-state index contributed by atoms with van der Waals surface area (Å²) < 4.78 is 0. The molecule has 0 aliphatic heterocycles. The molecule has 0 bridgehead atoms. The molecule has 0 spiro atoms. The van der Waals surface area contributed by atoms with Crippen molar-refractivity contribution in [3.63, 3.8) is 0 Å². The SMILES string of the molecule is C=CCCCCCc1cc(O)c(O)c(O)c1. The highest BCUT2D eigenvalue weighted by Crippen LogP contribution is 2.35. The Morgan fingerprint density at radius 2 is 1.62 bits per heavy atom. The smallest absolute Gasteiger partial charge is 0.200 e. The van der Waals surface area contributed by atoms with E-state index in [1.165, 1.54) is 12.1 Å². The fourth-order valence-corrected chi connectivity index (χ4v) is 1.60. The first kappa shape index (κ1) is 12.4. The lowest BCUT2D eigenvalue weighted by Crippen LogP contribution is -1.86. The van der Waals surface area contributed by atoms with Crippen LogP contribution in [0.4, 0.5) is 0 Å². The van der Waals surface area contributed by atoms with Crippen LogP contribution in [0.3, 0.4) is 0 Å². The van der Waals surface area contributed by atoms with Crippen LogP contribution in [0.5, 0.6) is 17.2 Å². The van der Waals surface area contributed by atoms with Gasteiger partial charge in [-0.1, -0.05) is 12.5 Å². The molecule has 0 heterocycles. The molecule has 0 aliphatic carbocycles. The Bertz CT molecular complexity index is 335. The Balaban J connectivity index is 2.45. The van der Waals surface area contributed by atoms with Crippen LogP contribution in [0, 0.1) is 0 Å². The summed E-state index contributed by atoms with van der Waals surface area (Å²) in [4.78, 5) is 0. The van der Waals surface area contributed by atoms with Gasteiger partial charge in [0, 0.05) is 0 Å². The van der Waals surface area contributed by atoms with Crippen molar-refractivity contribution in [2.24, 2.45) is 0 Å². The molecule has 1 aromatic carbocycles. The van der Waals surface area contributed by atoms with Gasteiger partial charge in [-0.15, -0.1) is 6.58 Å². The summed E-state index contributed by atoms with van der Waals surface area (Å²) in [5, 5.41) is 27.8. The summed E-state index contributed by atoms with van der Waals surface area (Å²) in [6.45, 7) is 3.66. The average molecular weight is 222 g/mol. The van der Waals surface area contributed by atoms with Crippen LogP contribution in [0.2, 0.25) is 0 Å². The van der Waals surface area contributed by atoms with Gasteiger partial charge >= 0.3 is 0 Å². The Labute approximate surface area is 95.7 Å². The predicted molar refractivity (Wildman–Crippen MR) is 63.8 cm³/mol. The normalized spacial score (nSPS) is 10.2. The zero-order valence-corrected chi connectivity index (χ0v) is 9.32. The van der Waals surface area contributed by atoms with Crippen LogP contribution in [0.1, 0.15) is 31.2 Å². The van der Waals surface area contributed by atoms with Gasteiger partial charge in [-0.3, -0.25) is 0 Å². The maximum Gasteiger partial charge on any atom is 0.200 e. The second-order valence-corrected chi connectivity index (χ2v) is 3.87. The number of phenolic OH excluding ortho intramolecular Hbond substituents is 3. The topological polar surface area (TPSA) is 60.7 Å². The molecule has 0 saturated carbocycles. The fourth-order valence-electron chi connectivity index (χ4n) is 1.60. The van der Waals surface area contributed by atoms with Crippen LogP contribution in [-0.2, 0) is 6.42 Å². The third-order valence-corrected chi connectivity index (χ3v) is 2.50. The van der Waals surface area contributed by atoms with Crippen molar-refractivity contribution in [2.75, 3.05) is 0 Å². The summed E-state index contributed by atoms with van der Waals surface area (Å²) in [7, 11) is 0. The van der Waals surface area contributed by atoms with E-state index in [0.29, 0.717) is 0 Å². The third-order valence-electron chi connectivity index (χ3n) is 2.50.